The maximum atomic E-state index is 12.3. The number of ether oxygens (including phenoxy) is 1. The van der Waals surface area contributed by atoms with Crippen LogP contribution >= 0.6 is 0 Å². The third-order valence-corrected chi connectivity index (χ3v) is 2.08. The number of anilines is 1. The van der Waals surface area contributed by atoms with Crippen molar-refractivity contribution < 1.29 is 22.7 Å². The van der Waals surface area contributed by atoms with E-state index in [0.717, 1.165) is 17.0 Å². The maximum Gasteiger partial charge on any atom is 0.416 e. The first-order chi connectivity index (χ1) is 7.86. The second-order valence-corrected chi connectivity index (χ2v) is 3.22. The molecular weight excluding hydrogens is 235 g/mol. The number of benzene rings is 1. The zero-order chi connectivity index (χ0) is 13.1. The van der Waals surface area contributed by atoms with E-state index in [4.69, 9.17) is 0 Å². The van der Waals surface area contributed by atoms with Gasteiger partial charge in [0.1, 0.15) is 0 Å². The lowest BCUT2D eigenvalue weighted by Crippen LogP contribution is -2.27. The van der Waals surface area contributed by atoms with Crippen LogP contribution < -0.4 is 4.90 Å². The second-order valence-electron chi connectivity index (χ2n) is 3.22. The molecule has 17 heavy (non-hydrogen) atoms. The minimum absolute atomic E-state index is 0.0379. The molecule has 3 nitrogen and oxygen atoms in total. The third-order valence-electron chi connectivity index (χ3n) is 2.08. The van der Waals surface area contributed by atoms with Gasteiger partial charge in [-0.3, -0.25) is 4.90 Å². The summed E-state index contributed by atoms with van der Waals surface area (Å²) in [6.45, 7) is 3.29. The van der Waals surface area contributed by atoms with Crippen molar-refractivity contribution in [3.05, 3.63) is 36.8 Å². The summed E-state index contributed by atoms with van der Waals surface area (Å²) in [5, 5.41) is 0. The molecule has 0 aromatic heterocycles. The Balaban J connectivity index is 2.84. The molecule has 0 bridgehead atoms. The molecule has 0 aliphatic rings. The van der Waals surface area contributed by atoms with Crippen molar-refractivity contribution in [1.82, 2.24) is 0 Å². The van der Waals surface area contributed by atoms with Gasteiger partial charge < -0.3 is 4.74 Å². The van der Waals surface area contributed by atoms with Crippen LogP contribution in [0, 0.1) is 6.92 Å². The highest BCUT2D eigenvalue weighted by molar-refractivity contribution is 5.86. The van der Waals surface area contributed by atoms with Crippen LogP contribution in [-0.2, 0) is 10.9 Å². The molecule has 0 saturated carbocycles. The number of nitrogens with zero attached hydrogens (tertiary/aromatic N) is 1. The highest BCUT2D eigenvalue weighted by Crippen LogP contribution is 2.30. The van der Waals surface area contributed by atoms with Gasteiger partial charge in [0.15, 0.2) is 0 Å². The van der Waals surface area contributed by atoms with E-state index in [0.29, 0.717) is 5.69 Å². The van der Waals surface area contributed by atoms with Crippen LogP contribution in [0.15, 0.2) is 24.3 Å². The van der Waals surface area contributed by atoms with E-state index in [1.165, 1.54) is 19.2 Å². The van der Waals surface area contributed by atoms with E-state index < -0.39 is 17.8 Å². The molecule has 1 amide bonds. The standard InChI is InChI=1S/C11H11F3NO2/c1-3-17-10(16)15(2)9-6-4-8(5-7-9)11(12,13)14/h4-7H,1,3H2,2H3. The Bertz CT molecular complexity index is 387. The summed E-state index contributed by atoms with van der Waals surface area (Å²) in [7, 11) is 1.40. The molecule has 93 valence electrons. The topological polar surface area (TPSA) is 29.5 Å². The molecule has 0 heterocycles. The highest BCUT2D eigenvalue weighted by atomic mass is 19.4. The fraction of sp³-hybridized carbons (Fsp3) is 0.273. The van der Waals surface area contributed by atoms with E-state index in [1.807, 2.05) is 0 Å². The SMILES string of the molecule is [CH2]COC(=O)N(C)c1ccc(C(F)(F)F)cc1. The van der Waals surface area contributed by atoms with E-state index in [2.05, 4.69) is 11.7 Å². The smallest absolute Gasteiger partial charge is 0.416 e. The largest absolute Gasteiger partial charge is 0.449 e. The molecule has 1 radical (unpaired) electrons. The van der Waals surface area contributed by atoms with Gasteiger partial charge in [-0.1, -0.05) is 0 Å². The zero-order valence-electron chi connectivity index (χ0n) is 9.12. The lowest BCUT2D eigenvalue weighted by Gasteiger charge is -2.17. The molecule has 0 spiro atoms. The number of carbonyl (C=O) groups is 1. The van der Waals surface area contributed by atoms with Gasteiger partial charge in [0.05, 0.1) is 12.2 Å². The van der Waals surface area contributed by atoms with Crippen molar-refractivity contribution in [2.24, 2.45) is 0 Å². The minimum atomic E-state index is -4.38. The molecule has 0 aliphatic carbocycles. The summed E-state index contributed by atoms with van der Waals surface area (Å²) in [5.41, 5.74) is -0.448. The van der Waals surface area contributed by atoms with Crippen molar-refractivity contribution >= 4 is 11.8 Å². The van der Waals surface area contributed by atoms with Crippen molar-refractivity contribution in [3.8, 4) is 0 Å². The number of alkyl halides is 3. The molecule has 0 saturated heterocycles. The van der Waals surface area contributed by atoms with Gasteiger partial charge in [-0.15, -0.1) is 0 Å². The van der Waals surface area contributed by atoms with Gasteiger partial charge in [-0.2, -0.15) is 13.2 Å². The van der Waals surface area contributed by atoms with Crippen LogP contribution in [0.1, 0.15) is 5.56 Å². The number of carbonyl (C=O) groups excluding carboxylic acids is 1. The Hall–Kier alpha value is -1.72. The molecule has 1 aromatic rings. The van der Waals surface area contributed by atoms with E-state index in [1.54, 1.807) is 0 Å². The highest BCUT2D eigenvalue weighted by Gasteiger charge is 2.30. The minimum Gasteiger partial charge on any atom is -0.449 e. The van der Waals surface area contributed by atoms with Gasteiger partial charge in [-0.05, 0) is 31.2 Å². The summed E-state index contributed by atoms with van der Waals surface area (Å²) in [5.74, 6) is 0. The maximum absolute atomic E-state index is 12.3. The van der Waals surface area contributed by atoms with Crippen molar-refractivity contribution in [1.29, 1.82) is 0 Å². The number of halogens is 3. The summed E-state index contributed by atoms with van der Waals surface area (Å²) in [6, 6.07) is 4.22. The summed E-state index contributed by atoms with van der Waals surface area (Å²) >= 11 is 0. The Morgan fingerprint density at radius 3 is 2.29 bits per heavy atom. The predicted molar refractivity (Wildman–Crippen MR) is 56.6 cm³/mol. The number of hydrogen-bond acceptors (Lipinski definition) is 2. The predicted octanol–water partition coefficient (Wildman–Crippen LogP) is 3.11. The molecule has 0 unspecified atom stereocenters. The summed E-state index contributed by atoms with van der Waals surface area (Å²) < 4.78 is 41.5. The van der Waals surface area contributed by atoms with Crippen LogP contribution in [0.25, 0.3) is 0 Å². The number of hydrogen-bond donors (Lipinski definition) is 0. The van der Waals surface area contributed by atoms with Gasteiger partial charge in [0, 0.05) is 12.7 Å². The molecular formula is C11H11F3NO2. The molecule has 0 atom stereocenters. The van der Waals surface area contributed by atoms with Crippen molar-refractivity contribution in [2.75, 3.05) is 18.6 Å². The fourth-order valence-electron chi connectivity index (χ4n) is 1.16. The monoisotopic (exact) mass is 246 g/mol. The molecule has 0 aliphatic heterocycles. The van der Waals surface area contributed by atoms with Crippen LogP contribution in [0.3, 0.4) is 0 Å². The Morgan fingerprint density at radius 2 is 1.88 bits per heavy atom. The first-order valence-electron chi connectivity index (χ1n) is 4.73. The van der Waals surface area contributed by atoms with Crippen molar-refractivity contribution in [3.63, 3.8) is 0 Å². The second kappa shape index (κ2) is 5.07. The third kappa shape index (κ3) is 3.37. The Labute approximate surface area is 96.8 Å². The first kappa shape index (κ1) is 13.3. The van der Waals surface area contributed by atoms with E-state index in [9.17, 15) is 18.0 Å². The quantitative estimate of drug-likeness (QED) is 0.802. The van der Waals surface area contributed by atoms with Gasteiger partial charge in [0.2, 0.25) is 0 Å². The average molecular weight is 246 g/mol. The van der Waals surface area contributed by atoms with Gasteiger partial charge >= 0.3 is 12.3 Å². The van der Waals surface area contributed by atoms with Crippen LogP contribution in [0.4, 0.5) is 23.7 Å². The van der Waals surface area contributed by atoms with Crippen LogP contribution in [0.5, 0.6) is 0 Å². The van der Waals surface area contributed by atoms with E-state index in [-0.39, 0.29) is 6.61 Å². The first-order valence-corrected chi connectivity index (χ1v) is 4.73. The lowest BCUT2D eigenvalue weighted by molar-refractivity contribution is -0.137. The lowest BCUT2D eigenvalue weighted by atomic mass is 10.2. The van der Waals surface area contributed by atoms with Crippen LogP contribution in [0.2, 0.25) is 0 Å². The number of amides is 1. The molecule has 1 rings (SSSR count). The van der Waals surface area contributed by atoms with Gasteiger partial charge in [0.25, 0.3) is 0 Å². The Kier molecular flexibility index (Phi) is 3.98. The molecule has 1 aromatic carbocycles. The number of rotatable bonds is 2. The summed E-state index contributed by atoms with van der Waals surface area (Å²) in [6.07, 6.45) is -5.05. The van der Waals surface area contributed by atoms with Gasteiger partial charge in [-0.25, -0.2) is 4.79 Å². The molecule has 0 fully saturated rings. The fourth-order valence-corrected chi connectivity index (χ4v) is 1.16. The van der Waals surface area contributed by atoms with Crippen LogP contribution in [-0.4, -0.2) is 19.7 Å². The van der Waals surface area contributed by atoms with Crippen molar-refractivity contribution in [2.45, 2.75) is 6.18 Å². The average Bonchev–Trinajstić information content (AvgIpc) is 2.27. The van der Waals surface area contributed by atoms with E-state index >= 15 is 0 Å². The molecule has 0 N–H and O–H groups in total. The normalized spacial score (nSPS) is 11.1. The molecule has 6 heteroatoms. The Morgan fingerprint density at radius 1 is 1.35 bits per heavy atom. The zero-order valence-corrected chi connectivity index (χ0v) is 9.12. The summed E-state index contributed by atoms with van der Waals surface area (Å²) in [4.78, 5) is 12.4.